The van der Waals surface area contributed by atoms with Crippen LogP contribution in [0.5, 0.6) is 0 Å². The van der Waals surface area contributed by atoms with Crippen LogP contribution in [0.25, 0.3) is 11.0 Å². The maximum absolute atomic E-state index is 12.3. The molecule has 0 aliphatic carbocycles. The van der Waals surface area contributed by atoms with Gasteiger partial charge in [0, 0.05) is 18.7 Å². The molecule has 1 atom stereocenters. The number of amides is 1. The zero-order chi connectivity index (χ0) is 12.5. The fourth-order valence-corrected chi connectivity index (χ4v) is 2.30. The van der Waals surface area contributed by atoms with Crippen LogP contribution in [0.2, 0.25) is 0 Å². The highest BCUT2D eigenvalue weighted by molar-refractivity contribution is 5.97. The third-order valence-corrected chi connectivity index (χ3v) is 3.25. The lowest BCUT2D eigenvalue weighted by Gasteiger charge is -2.30. The number of piperidine rings is 1. The highest BCUT2D eigenvalue weighted by atomic mass is 16.3. The van der Waals surface area contributed by atoms with Crippen LogP contribution in [-0.2, 0) is 0 Å². The van der Waals surface area contributed by atoms with Gasteiger partial charge in [0.15, 0.2) is 0 Å². The summed E-state index contributed by atoms with van der Waals surface area (Å²) in [5.74, 6) is -0.0568. The van der Waals surface area contributed by atoms with E-state index in [4.69, 9.17) is 0 Å². The highest BCUT2D eigenvalue weighted by Crippen LogP contribution is 2.16. The Balaban J connectivity index is 1.86. The highest BCUT2D eigenvalue weighted by Gasteiger charge is 2.23. The average molecular weight is 246 g/mol. The van der Waals surface area contributed by atoms with Crippen LogP contribution in [0.15, 0.2) is 18.2 Å². The van der Waals surface area contributed by atoms with Crippen molar-refractivity contribution in [2.24, 2.45) is 0 Å². The zero-order valence-corrected chi connectivity index (χ0v) is 9.83. The van der Waals surface area contributed by atoms with Gasteiger partial charge >= 0.3 is 0 Å². The number of rotatable bonds is 1. The van der Waals surface area contributed by atoms with Crippen molar-refractivity contribution in [3.05, 3.63) is 23.8 Å². The van der Waals surface area contributed by atoms with E-state index >= 15 is 0 Å². The number of likely N-dealkylation sites (tertiary alicyclic amines) is 1. The monoisotopic (exact) mass is 246 g/mol. The number of hydrogen-bond acceptors (Lipinski definition) is 4. The number of aromatic nitrogens is 3. The van der Waals surface area contributed by atoms with Gasteiger partial charge in [-0.05, 0) is 31.0 Å². The zero-order valence-electron chi connectivity index (χ0n) is 9.83. The number of nitrogens with one attached hydrogen (secondary N) is 1. The van der Waals surface area contributed by atoms with Crippen LogP contribution in [-0.4, -0.2) is 50.5 Å². The molecular formula is C12H14N4O2. The predicted molar refractivity (Wildman–Crippen MR) is 65.0 cm³/mol. The molecule has 1 aliphatic rings. The number of carbonyl (C=O) groups excluding carboxylic acids is 1. The third kappa shape index (κ3) is 1.95. The lowest BCUT2D eigenvalue weighted by molar-refractivity contribution is 0.0474. The van der Waals surface area contributed by atoms with Crippen molar-refractivity contribution in [1.29, 1.82) is 0 Å². The van der Waals surface area contributed by atoms with E-state index in [1.54, 1.807) is 23.1 Å². The van der Waals surface area contributed by atoms with E-state index < -0.39 is 6.10 Å². The standard InChI is InChI=1S/C12H14N4O2/c17-9-2-1-5-16(7-9)12(18)8-3-4-10-11(6-8)14-15-13-10/h3-4,6,9,17H,1-2,5,7H2,(H,13,14,15). The van der Waals surface area contributed by atoms with E-state index in [9.17, 15) is 9.90 Å². The van der Waals surface area contributed by atoms with Crippen molar-refractivity contribution >= 4 is 16.9 Å². The van der Waals surface area contributed by atoms with Crippen LogP contribution >= 0.6 is 0 Å². The Bertz CT molecular complexity index is 580. The molecule has 1 fully saturated rings. The Kier molecular flexibility index (Phi) is 2.71. The van der Waals surface area contributed by atoms with Crippen LogP contribution in [0.4, 0.5) is 0 Å². The minimum Gasteiger partial charge on any atom is -0.391 e. The minimum absolute atomic E-state index is 0.0568. The summed E-state index contributed by atoms with van der Waals surface area (Å²) in [6.07, 6.45) is 1.21. The fraction of sp³-hybridized carbons (Fsp3) is 0.417. The van der Waals surface area contributed by atoms with Gasteiger partial charge in [0.25, 0.3) is 5.91 Å². The van der Waals surface area contributed by atoms with Crippen molar-refractivity contribution in [2.75, 3.05) is 13.1 Å². The first-order valence-corrected chi connectivity index (χ1v) is 6.02. The van der Waals surface area contributed by atoms with Gasteiger partial charge in [0.05, 0.1) is 6.10 Å². The van der Waals surface area contributed by atoms with Gasteiger partial charge in [-0.25, -0.2) is 0 Å². The van der Waals surface area contributed by atoms with Gasteiger partial charge in [-0.15, -0.1) is 0 Å². The molecule has 6 heteroatoms. The number of aliphatic hydroxyl groups excluding tert-OH is 1. The number of nitrogens with zero attached hydrogens (tertiary/aromatic N) is 3. The molecule has 2 N–H and O–H groups in total. The minimum atomic E-state index is -0.404. The quantitative estimate of drug-likeness (QED) is 0.770. The summed E-state index contributed by atoms with van der Waals surface area (Å²) < 4.78 is 0. The first kappa shape index (κ1) is 11.2. The Labute approximate surface area is 104 Å². The lowest BCUT2D eigenvalue weighted by atomic mass is 10.1. The molecule has 0 spiro atoms. The summed E-state index contributed by atoms with van der Waals surface area (Å²) >= 11 is 0. The number of H-pyrrole nitrogens is 1. The summed E-state index contributed by atoms with van der Waals surface area (Å²) in [5, 5.41) is 20.0. The second-order valence-corrected chi connectivity index (χ2v) is 4.57. The maximum Gasteiger partial charge on any atom is 0.254 e. The van der Waals surface area contributed by atoms with Gasteiger partial charge in [-0.1, -0.05) is 0 Å². The van der Waals surface area contributed by atoms with Crippen molar-refractivity contribution in [2.45, 2.75) is 18.9 Å². The molecule has 1 aromatic heterocycles. The van der Waals surface area contributed by atoms with Crippen molar-refractivity contribution in [3.63, 3.8) is 0 Å². The SMILES string of the molecule is O=C(c1ccc2n[nH]nc2c1)N1CCCC(O)C1. The van der Waals surface area contributed by atoms with E-state index in [0.717, 1.165) is 18.4 Å². The first-order valence-electron chi connectivity index (χ1n) is 6.02. The average Bonchev–Trinajstić information content (AvgIpc) is 2.85. The second kappa shape index (κ2) is 4.38. The number of carbonyl (C=O) groups is 1. The summed E-state index contributed by atoms with van der Waals surface area (Å²) in [4.78, 5) is 14.0. The van der Waals surface area contributed by atoms with Crippen LogP contribution in [0.1, 0.15) is 23.2 Å². The molecule has 0 saturated carbocycles. The topological polar surface area (TPSA) is 82.1 Å². The molecule has 6 nitrogen and oxygen atoms in total. The number of hydrogen-bond donors (Lipinski definition) is 2. The number of β-amino-alcohol motifs (C(OH)–C–C–N with tert-alkyl or cyclic N) is 1. The van der Waals surface area contributed by atoms with Crippen LogP contribution < -0.4 is 0 Å². The number of aromatic amines is 1. The van der Waals surface area contributed by atoms with Gasteiger partial charge in [-0.3, -0.25) is 4.79 Å². The first-order chi connectivity index (χ1) is 8.74. The summed E-state index contributed by atoms with van der Waals surface area (Å²) in [7, 11) is 0. The van der Waals surface area contributed by atoms with E-state index in [1.807, 2.05) is 0 Å². The Morgan fingerprint density at radius 1 is 1.39 bits per heavy atom. The third-order valence-electron chi connectivity index (χ3n) is 3.25. The Hall–Kier alpha value is -1.95. The van der Waals surface area contributed by atoms with E-state index in [1.165, 1.54) is 0 Å². The van der Waals surface area contributed by atoms with E-state index in [-0.39, 0.29) is 5.91 Å². The molecule has 94 valence electrons. The number of fused-ring (bicyclic) bond motifs is 1. The number of benzene rings is 1. The smallest absolute Gasteiger partial charge is 0.254 e. The van der Waals surface area contributed by atoms with E-state index in [2.05, 4.69) is 15.4 Å². The molecule has 1 unspecified atom stereocenters. The van der Waals surface area contributed by atoms with Gasteiger partial charge in [0.1, 0.15) is 11.0 Å². The molecule has 18 heavy (non-hydrogen) atoms. The number of aliphatic hydroxyl groups is 1. The van der Waals surface area contributed by atoms with Crippen molar-refractivity contribution < 1.29 is 9.90 Å². The molecule has 0 bridgehead atoms. The largest absolute Gasteiger partial charge is 0.391 e. The maximum atomic E-state index is 12.3. The molecule has 2 aromatic rings. The lowest BCUT2D eigenvalue weighted by Crippen LogP contribution is -2.42. The molecule has 2 heterocycles. The Morgan fingerprint density at radius 2 is 2.22 bits per heavy atom. The van der Waals surface area contributed by atoms with E-state index in [0.29, 0.717) is 24.2 Å². The van der Waals surface area contributed by atoms with Crippen LogP contribution in [0, 0.1) is 0 Å². The fourth-order valence-electron chi connectivity index (χ4n) is 2.30. The van der Waals surface area contributed by atoms with Gasteiger partial charge < -0.3 is 10.0 Å². The summed E-state index contributed by atoms with van der Waals surface area (Å²) in [6, 6.07) is 5.24. The Morgan fingerprint density at radius 3 is 3.06 bits per heavy atom. The molecular weight excluding hydrogens is 232 g/mol. The normalized spacial score (nSPS) is 20.3. The van der Waals surface area contributed by atoms with Crippen molar-refractivity contribution in [3.8, 4) is 0 Å². The molecule has 1 aromatic carbocycles. The molecule has 1 amide bonds. The van der Waals surface area contributed by atoms with Gasteiger partial charge in [-0.2, -0.15) is 15.4 Å². The van der Waals surface area contributed by atoms with Crippen molar-refractivity contribution in [1.82, 2.24) is 20.3 Å². The molecule has 3 rings (SSSR count). The van der Waals surface area contributed by atoms with Crippen LogP contribution in [0.3, 0.4) is 0 Å². The van der Waals surface area contributed by atoms with Gasteiger partial charge in [0.2, 0.25) is 0 Å². The predicted octanol–water partition coefficient (Wildman–Crippen LogP) is 0.555. The summed E-state index contributed by atoms with van der Waals surface area (Å²) in [6.45, 7) is 1.11. The molecule has 1 saturated heterocycles. The molecule has 0 radical (unpaired) electrons. The second-order valence-electron chi connectivity index (χ2n) is 4.57. The summed E-state index contributed by atoms with van der Waals surface area (Å²) in [5.41, 5.74) is 2.01. The molecule has 1 aliphatic heterocycles.